The molecule has 1 aliphatic rings. The highest BCUT2D eigenvalue weighted by molar-refractivity contribution is 7.09. The molecule has 2 aromatic carbocycles. The van der Waals surface area contributed by atoms with Crippen LogP contribution in [-0.4, -0.2) is 23.8 Å². The van der Waals surface area contributed by atoms with Gasteiger partial charge in [-0.25, -0.2) is 4.79 Å². The topological polar surface area (TPSA) is 46.6 Å². The molecule has 1 aliphatic heterocycles. The number of nitrogens with zero attached hydrogens (tertiary/aromatic N) is 1. The second kappa shape index (κ2) is 7.37. The molecule has 0 saturated carbocycles. The lowest BCUT2D eigenvalue weighted by molar-refractivity contribution is 0.0252. The van der Waals surface area contributed by atoms with Crippen LogP contribution in [0.3, 0.4) is 0 Å². The number of rotatable bonds is 4. The smallest absolute Gasteiger partial charge is 0.339 e. The molecule has 0 bridgehead atoms. The van der Waals surface area contributed by atoms with E-state index in [2.05, 4.69) is 0 Å². The fraction of sp³-hybridized carbons (Fsp3) is 0.182. The molecule has 4 nitrogen and oxygen atoms in total. The number of amides is 1. The first-order valence-electron chi connectivity index (χ1n) is 8.78. The van der Waals surface area contributed by atoms with E-state index in [1.54, 1.807) is 35.4 Å². The maximum Gasteiger partial charge on any atom is 0.339 e. The van der Waals surface area contributed by atoms with Crippen LogP contribution in [0.15, 0.2) is 66.0 Å². The fourth-order valence-electron chi connectivity index (χ4n) is 3.31. The van der Waals surface area contributed by atoms with E-state index in [0.717, 1.165) is 16.0 Å². The molecule has 1 aromatic heterocycles. The van der Waals surface area contributed by atoms with Crippen molar-refractivity contribution in [2.75, 3.05) is 7.05 Å². The number of esters is 1. The van der Waals surface area contributed by atoms with Crippen molar-refractivity contribution in [1.82, 2.24) is 4.90 Å². The second-order valence-corrected chi connectivity index (χ2v) is 7.65. The van der Waals surface area contributed by atoms with Crippen molar-refractivity contribution in [1.29, 1.82) is 0 Å². The predicted molar refractivity (Wildman–Crippen MR) is 105 cm³/mol. The summed E-state index contributed by atoms with van der Waals surface area (Å²) in [5.74, 6) is -0.391. The quantitative estimate of drug-likeness (QED) is 0.630. The highest BCUT2D eigenvalue weighted by Gasteiger charge is 2.28. The van der Waals surface area contributed by atoms with Gasteiger partial charge in [0, 0.05) is 23.9 Å². The molecule has 2 heterocycles. The Balaban J connectivity index is 1.57. The number of thiophene rings is 1. The van der Waals surface area contributed by atoms with Crippen molar-refractivity contribution in [3.05, 3.63) is 93.2 Å². The van der Waals surface area contributed by atoms with Crippen molar-refractivity contribution < 1.29 is 14.3 Å². The second-order valence-electron chi connectivity index (χ2n) is 6.62. The van der Waals surface area contributed by atoms with Gasteiger partial charge in [0.15, 0.2) is 0 Å². The molecule has 0 spiro atoms. The predicted octanol–water partition coefficient (Wildman–Crippen LogP) is 4.47. The Morgan fingerprint density at radius 1 is 1.15 bits per heavy atom. The van der Waals surface area contributed by atoms with Gasteiger partial charge in [0.2, 0.25) is 0 Å². The van der Waals surface area contributed by atoms with E-state index >= 15 is 0 Å². The molecule has 136 valence electrons. The van der Waals surface area contributed by atoms with Gasteiger partial charge in [-0.15, -0.1) is 11.3 Å². The van der Waals surface area contributed by atoms with Crippen LogP contribution in [0.2, 0.25) is 0 Å². The molecule has 5 heteroatoms. The minimum atomic E-state index is -0.337. The van der Waals surface area contributed by atoms with Crippen LogP contribution >= 0.6 is 11.3 Å². The van der Waals surface area contributed by atoms with Gasteiger partial charge in [-0.2, -0.15) is 0 Å². The molecule has 0 unspecified atom stereocenters. The first kappa shape index (κ1) is 17.5. The Morgan fingerprint density at radius 2 is 1.96 bits per heavy atom. The monoisotopic (exact) mass is 377 g/mol. The number of cyclic esters (lactones) is 1. The zero-order valence-electron chi connectivity index (χ0n) is 14.9. The van der Waals surface area contributed by atoms with Crippen LogP contribution in [-0.2, 0) is 17.7 Å². The largest absolute Gasteiger partial charge is 0.454 e. The summed E-state index contributed by atoms with van der Waals surface area (Å²) < 4.78 is 5.58. The van der Waals surface area contributed by atoms with E-state index in [1.807, 2.05) is 53.9 Å². The molecule has 3 aromatic rings. The summed E-state index contributed by atoms with van der Waals surface area (Å²) in [7, 11) is 1.79. The molecular weight excluding hydrogens is 358 g/mol. The molecule has 0 aliphatic carbocycles. The van der Waals surface area contributed by atoms with Gasteiger partial charge in [0.25, 0.3) is 5.91 Å². The summed E-state index contributed by atoms with van der Waals surface area (Å²) in [5, 5.41) is 2.00. The Hall–Kier alpha value is -2.92. The lowest BCUT2D eigenvalue weighted by atomic mass is 9.93. The summed E-state index contributed by atoms with van der Waals surface area (Å²) >= 11 is 1.63. The zero-order valence-corrected chi connectivity index (χ0v) is 15.7. The highest BCUT2D eigenvalue weighted by atomic mass is 32.1. The minimum absolute atomic E-state index is 0.0543. The highest BCUT2D eigenvalue weighted by Crippen LogP contribution is 2.31. The van der Waals surface area contributed by atoms with Crippen molar-refractivity contribution in [3.63, 3.8) is 0 Å². The zero-order chi connectivity index (χ0) is 18.8. The van der Waals surface area contributed by atoms with E-state index in [0.29, 0.717) is 24.1 Å². The minimum Gasteiger partial charge on any atom is -0.454 e. The summed E-state index contributed by atoms with van der Waals surface area (Å²) in [5.41, 5.74) is 2.95. The van der Waals surface area contributed by atoms with E-state index in [4.69, 9.17) is 4.74 Å². The van der Waals surface area contributed by atoms with Gasteiger partial charge < -0.3 is 9.64 Å². The molecular formula is C22H19NO3S. The standard InChI is InChI=1S/C22H19NO3S/c1-23(14-18-8-5-11-27-18)21(24)16-9-10-19-17(12-16)13-20(26-22(19)25)15-6-3-2-4-7-15/h2-12,20H,13-14H2,1H3/t20-/m0/s1. The number of fused-ring (bicyclic) bond motifs is 1. The van der Waals surface area contributed by atoms with Crippen LogP contribution in [0.1, 0.15) is 42.8 Å². The first-order valence-corrected chi connectivity index (χ1v) is 9.66. The lowest BCUT2D eigenvalue weighted by Gasteiger charge is -2.26. The Kier molecular flexibility index (Phi) is 4.77. The van der Waals surface area contributed by atoms with Crippen molar-refractivity contribution >= 4 is 23.2 Å². The Labute approximate surface area is 162 Å². The van der Waals surface area contributed by atoms with Crippen molar-refractivity contribution in [3.8, 4) is 0 Å². The van der Waals surface area contributed by atoms with Gasteiger partial charge in [-0.3, -0.25) is 4.79 Å². The van der Waals surface area contributed by atoms with Gasteiger partial charge in [-0.1, -0.05) is 36.4 Å². The number of hydrogen-bond acceptors (Lipinski definition) is 4. The maximum absolute atomic E-state index is 12.8. The molecule has 0 N–H and O–H groups in total. The van der Waals surface area contributed by atoms with Gasteiger partial charge in [0.05, 0.1) is 12.1 Å². The number of carbonyl (C=O) groups is 2. The molecule has 0 saturated heterocycles. The van der Waals surface area contributed by atoms with E-state index in [1.165, 1.54) is 0 Å². The van der Waals surface area contributed by atoms with Crippen LogP contribution in [0, 0.1) is 0 Å². The van der Waals surface area contributed by atoms with Crippen LogP contribution in [0.5, 0.6) is 0 Å². The van der Waals surface area contributed by atoms with Gasteiger partial charge >= 0.3 is 5.97 Å². The third-order valence-corrected chi connectivity index (χ3v) is 5.58. The fourth-order valence-corrected chi connectivity index (χ4v) is 4.07. The number of ether oxygens (including phenoxy) is 1. The van der Waals surface area contributed by atoms with Gasteiger partial charge in [0.1, 0.15) is 6.10 Å². The first-order chi connectivity index (χ1) is 13.1. The van der Waals surface area contributed by atoms with E-state index in [9.17, 15) is 9.59 Å². The molecule has 1 amide bonds. The van der Waals surface area contributed by atoms with Crippen LogP contribution in [0.25, 0.3) is 0 Å². The Bertz CT molecular complexity index is 966. The molecule has 4 rings (SSSR count). The average Bonchev–Trinajstić information content (AvgIpc) is 3.20. The lowest BCUT2D eigenvalue weighted by Crippen LogP contribution is -2.27. The number of carbonyl (C=O) groups excluding carboxylic acids is 2. The van der Waals surface area contributed by atoms with Gasteiger partial charge in [-0.05, 0) is 40.8 Å². The van der Waals surface area contributed by atoms with Crippen molar-refractivity contribution in [2.24, 2.45) is 0 Å². The van der Waals surface area contributed by atoms with E-state index in [-0.39, 0.29) is 18.0 Å². The van der Waals surface area contributed by atoms with Crippen LogP contribution < -0.4 is 0 Å². The SMILES string of the molecule is CN(Cc1cccs1)C(=O)c1ccc2c(c1)C[C@@H](c1ccccc1)OC2=O. The van der Waals surface area contributed by atoms with E-state index < -0.39 is 0 Å². The Morgan fingerprint density at radius 3 is 2.70 bits per heavy atom. The summed E-state index contributed by atoms with van der Waals surface area (Å²) in [6.07, 6.45) is 0.251. The third kappa shape index (κ3) is 3.64. The van der Waals surface area contributed by atoms with Crippen LogP contribution in [0.4, 0.5) is 0 Å². The third-order valence-electron chi connectivity index (χ3n) is 4.72. The molecule has 0 fully saturated rings. The summed E-state index contributed by atoms with van der Waals surface area (Å²) in [4.78, 5) is 28.0. The molecule has 1 atom stereocenters. The average molecular weight is 377 g/mol. The maximum atomic E-state index is 12.8. The number of benzene rings is 2. The molecule has 0 radical (unpaired) electrons. The normalized spacial score (nSPS) is 15.7. The van der Waals surface area contributed by atoms with Crippen molar-refractivity contribution in [2.45, 2.75) is 19.1 Å². The summed E-state index contributed by atoms with van der Waals surface area (Å²) in [6, 6.07) is 18.9. The summed E-state index contributed by atoms with van der Waals surface area (Å²) in [6.45, 7) is 0.572. The molecule has 27 heavy (non-hydrogen) atoms. The number of hydrogen-bond donors (Lipinski definition) is 0.